The van der Waals surface area contributed by atoms with Crippen molar-refractivity contribution in [3.63, 3.8) is 0 Å². The summed E-state index contributed by atoms with van der Waals surface area (Å²) in [7, 11) is 0. The van der Waals surface area contributed by atoms with E-state index in [1.54, 1.807) is 6.07 Å². The lowest BCUT2D eigenvalue weighted by atomic mass is 10.1. The first-order valence-electron chi connectivity index (χ1n) is 7.45. The number of carboxylic acids is 1. The highest BCUT2D eigenvalue weighted by Crippen LogP contribution is 2.23. The standard InChI is InChI=1S/C17H22N2O2/c1-12(2)7-5-6-10-18-15-11-16(17(20)21)19-14-9-4-3-8-13(14)15/h3-4,8-9,11-12H,5-7,10H2,1-2H3,(H,18,19)(H,20,21). The molecule has 1 aromatic carbocycles. The van der Waals surface area contributed by atoms with Gasteiger partial charge in [0.15, 0.2) is 5.69 Å². The zero-order chi connectivity index (χ0) is 15.2. The van der Waals surface area contributed by atoms with Crippen molar-refractivity contribution in [3.8, 4) is 0 Å². The van der Waals surface area contributed by atoms with E-state index < -0.39 is 5.97 Å². The van der Waals surface area contributed by atoms with Crippen molar-refractivity contribution in [1.29, 1.82) is 0 Å². The molecule has 0 atom stereocenters. The Labute approximate surface area is 125 Å². The number of nitrogens with zero attached hydrogens (tertiary/aromatic N) is 1. The number of aromatic carboxylic acids is 1. The van der Waals surface area contributed by atoms with E-state index in [4.69, 9.17) is 5.11 Å². The molecule has 0 bridgehead atoms. The highest BCUT2D eigenvalue weighted by Gasteiger charge is 2.10. The van der Waals surface area contributed by atoms with Crippen molar-refractivity contribution in [2.24, 2.45) is 5.92 Å². The zero-order valence-corrected chi connectivity index (χ0v) is 12.6. The van der Waals surface area contributed by atoms with Gasteiger partial charge in [-0.25, -0.2) is 9.78 Å². The number of carboxylic acid groups (broad SMARTS) is 1. The molecule has 0 spiro atoms. The number of anilines is 1. The predicted octanol–water partition coefficient (Wildman–Crippen LogP) is 4.17. The molecule has 0 unspecified atom stereocenters. The SMILES string of the molecule is CC(C)CCCCNc1cc(C(=O)O)nc2ccccc12. The van der Waals surface area contributed by atoms with Gasteiger partial charge in [0.2, 0.25) is 0 Å². The summed E-state index contributed by atoms with van der Waals surface area (Å²) in [4.78, 5) is 15.3. The molecule has 0 aliphatic heterocycles. The van der Waals surface area contributed by atoms with Gasteiger partial charge in [-0.05, 0) is 24.5 Å². The third kappa shape index (κ3) is 4.18. The Morgan fingerprint density at radius 1 is 1.29 bits per heavy atom. The molecule has 2 aromatic rings. The van der Waals surface area contributed by atoms with Gasteiger partial charge in [0.1, 0.15) is 0 Å². The van der Waals surface area contributed by atoms with Crippen molar-refractivity contribution < 1.29 is 9.90 Å². The monoisotopic (exact) mass is 286 g/mol. The maximum Gasteiger partial charge on any atom is 0.354 e. The molecular weight excluding hydrogens is 264 g/mol. The molecule has 0 saturated carbocycles. The highest BCUT2D eigenvalue weighted by molar-refractivity contribution is 5.97. The fourth-order valence-corrected chi connectivity index (χ4v) is 2.33. The number of hydrogen-bond donors (Lipinski definition) is 2. The number of carbonyl (C=O) groups is 1. The van der Waals surface area contributed by atoms with E-state index in [0.29, 0.717) is 5.52 Å². The van der Waals surface area contributed by atoms with Gasteiger partial charge in [-0.3, -0.25) is 0 Å². The molecule has 1 heterocycles. The number of pyridine rings is 1. The first-order valence-corrected chi connectivity index (χ1v) is 7.45. The van der Waals surface area contributed by atoms with E-state index in [0.717, 1.165) is 30.0 Å². The smallest absolute Gasteiger partial charge is 0.354 e. The number of unbranched alkanes of at least 4 members (excludes halogenated alkanes) is 1. The molecule has 0 amide bonds. The van der Waals surface area contributed by atoms with Gasteiger partial charge in [0.05, 0.1) is 5.52 Å². The minimum atomic E-state index is -0.997. The number of para-hydroxylation sites is 1. The molecule has 1 aromatic heterocycles. The number of aromatic nitrogens is 1. The van der Waals surface area contributed by atoms with E-state index >= 15 is 0 Å². The van der Waals surface area contributed by atoms with E-state index in [-0.39, 0.29) is 5.69 Å². The van der Waals surface area contributed by atoms with Gasteiger partial charge in [0, 0.05) is 17.6 Å². The summed E-state index contributed by atoms with van der Waals surface area (Å²) in [5.41, 5.74) is 1.64. The van der Waals surface area contributed by atoms with Crippen LogP contribution in [0.25, 0.3) is 10.9 Å². The summed E-state index contributed by atoms with van der Waals surface area (Å²) in [6.07, 6.45) is 3.48. The van der Waals surface area contributed by atoms with Crippen LogP contribution in [0, 0.1) is 5.92 Å². The normalized spacial score (nSPS) is 11.0. The fraction of sp³-hybridized carbons (Fsp3) is 0.412. The van der Waals surface area contributed by atoms with Gasteiger partial charge in [-0.1, -0.05) is 44.9 Å². The molecular formula is C17H22N2O2. The third-order valence-electron chi connectivity index (χ3n) is 3.46. The first kappa shape index (κ1) is 15.3. The van der Waals surface area contributed by atoms with Crippen LogP contribution < -0.4 is 5.32 Å². The molecule has 4 heteroatoms. The predicted molar refractivity (Wildman–Crippen MR) is 85.9 cm³/mol. The number of fused-ring (bicyclic) bond motifs is 1. The lowest BCUT2D eigenvalue weighted by molar-refractivity contribution is 0.0691. The topological polar surface area (TPSA) is 62.2 Å². The Kier molecular flexibility index (Phi) is 5.14. The Morgan fingerprint density at radius 3 is 2.76 bits per heavy atom. The second kappa shape index (κ2) is 7.07. The number of hydrogen-bond acceptors (Lipinski definition) is 3. The van der Waals surface area contributed by atoms with Crippen LogP contribution >= 0.6 is 0 Å². The molecule has 21 heavy (non-hydrogen) atoms. The van der Waals surface area contributed by atoms with E-state index in [9.17, 15) is 4.79 Å². The Balaban J connectivity index is 2.12. The fourth-order valence-electron chi connectivity index (χ4n) is 2.33. The van der Waals surface area contributed by atoms with Crippen LogP contribution in [0.1, 0.15) is 43.6 Å². The molecule has 0 saturated heterocycles. The molecule has 0 radical (unpaired) electrons. The molecule has 112 valence electrons. The lowest BCUT2D eigenvalue weighted by Gasteiger charge is -2.11. The van der Waals surface area contributed by atoms with Crippen LogP contribution in [0.5, 0.6) is 0 Å². The highest BCUT2D eigenvalue weighted by atomic mass is 16.4. The van der Waals surface area contributed by atoms with Crippen molar-refractivity contribution in [2.75, 3.05) is 11.9 Å². The average molecular weight is 286 g/mol. The molecule has 4 nitrogen and oxygen atoms in total. The maximum absolute atomic E-state index is 11.2. The molecule has 0 aliphatic rings. The van der Waals surface area contributed by atoms with Crippen LogP contribution in [0.3, 0.4) is 0 Å². The second-order valence-corrected chi connectivity index (χ2v) is 5.69. The first-order chi connectivity index (χ1) is 10.1. The van der Waals surface area contributed by atoms with Crippen LogP contribution in [-0.2, 0) is 0 Å². The second-order valence-electron chi connectivity index (χ2n) is 5.69. The van der Waals surface area contributed by atoms with Crippen LogP contribution in [0.15, 0.2) is 30.3 Å². The zero-order valence-electron chi connectivity index (χ0n) is 12.6. The van der Waals surface area contributed by atoms with Crippen molar-refractivity contribution in [1.82, 2.24) is 4.98 Å². The van der Waals surface area contributed by atoms with Gasteiger partial charge in [0.25, 0.3) is 0 Å². The van der Waals surface area contributed by atoms with Crippen molar-refractivity contribution in [3.05, 3.63) is 36.0 Å². The molecule has 2 N–H and O–H groups in total. The summed E-state index contributed by atoms with van der Waals surface area (Å²) < 4.78 is 0. The van der Waals surface area contributed by atoms with E-state index in [1.165, 1.54) is 12.8 Å². The molecule has 0 fully saturated rings. The Bertz CT molecular complexity index is 623. The van der Waals surface area contributed by atoms with Gasteiger partial charge in [-0.2, -0.15) is 0 Å². The van der Waals surface area contributed by atoms with Crippen molar-refractivity contribution >= 4 is 22.6 Å². The summed E-state index contributed by atoms with van der Waals surface area (Å²) in [5, 5.41) is 13.5. The maximum atomic E-state index is 11.2. The average Bonchev–Trinajstić information content (AvgIpc) is 2.46. The van der Waals surface area contributed by atoms with Crippen molar-refractivity contribution in [2.45, 2.75) is 33.1 Å². The Hall–Kier alpha value is -2.10. The minimum Gasteiger partial charge on any atom is -0.477 e. The summed E-state index contributed by atoms with van der Waals surface area (Å²) in [6, 6.07) is 9.23. The van der Waals surface area contributed by atoms with E-state index in [1.807, 2.05) is 24.3 Å². The van der Waals surface area contributed by atoms with Gasteiger partial charge < -0.3 is 10.4 Å². The number of nitrogens with one attached hydrogen (secondary N) is 1. The molecule has 2 rings (SSSR count). The van der Waals surface area contributed by atoms with Gasteiger partial charge in [-0.15, -0.1) is 0 Å². The minimum absolute atomic E-state index is 0.0818. The quantitative estimate of drug-likeness (QED) is 0.750. The Morgan fingerprint density at radius 2 is 2.05 bits per heavy atom. The molecule has 0 aliphatic carbocycles. The van der Waals surface area contributed by atoms with E-state index in [2.05, 4.69) is 24.1 Å². The third-order valence-corrected chi connectivity index (χ3v) is 3.46. The van der Waals surface area contributed by atoms with Crippen LogP contribution in [0.2, 0.25) is 0 Å². The summed E-state index contributed by atoms with van der Waals surface area (Å²) >= 11 is 0. The number of benzene rings is 1. The van der Waals surface area contributed by atoms with Crippen LogP contribution in [-0.4, -0.2) is 22.6 Å². The largest absolute Gasteiger partial charge is 0.477 e. The van der Waals surface area contributed by atoms with Gasteiger partial charge >= 0.3 is 5.97 Å². The number of rotatable bonds is 7. The van der Waals surface area contributed by atoms with Crippen LogP contribution in [0.4, 0.5) is 5.69 Å². The summed E-state index contributed by atoms with van der Waals surface area (Å²) in [5.74, 6) is -0.269. The lowest BCUT2D eigenvalue weighted by Crippen LogP contribution is -2.06. The summed E-state index contributed by atoms with van der Waals surface area (Å²) in [6.45, 7) is 5.30.